The number of halogens is 1. The van der Waals surface area contributed by atoms with E-state index in [1.807, 2.05) is 18.2 Å². The second kappa shape index (κ2) is 11.2. The zero-order valence-corrected chi connectivity index (χ0v) is 22.2. The first-order chi connectivity index (χ1) is 17.5. The van der Waals surface area contributed by atoms with Crippen LogP contribution in [0.3, 0.4) is 0 Å². The molecule has 8 nitrogen and oxygen atoms in total. The summed E-state index contributed by atoms with van der Waals surface area (Å²) in [4.78, 5) is 12.6. The van der Waals surface area contributed by atoms with Crippen molar-refractivity contribution >= 4 is 23.3 Å². The SMILES string of the molecule is CC[C@H]1CN(c2ccc(-c3nnc(NC)o3)nc2C)CCN1C1CCN(Cc2ccc(Cl)cc2)CC1. The van der Waals surface area contributed by atoms with Gasteiger partial charge in [-0.15, -0.1) is 5.10 Å². The molecule has 1 atom stereocenters. The van der Waals surface area contributed by atoms with Gasteiger partial charge >= 0.3 is 6.01 Å². The maximum atomic E-state index is 6.05. The van der Waals surface area contributed by atoms with Crippen molar-refractivity contribution in [2.24, 2.45) is 0 Å². The summed E-state index contributed by atoms with van der Waals surface area (Å²) in [6, 6.07) is 14.0. The molecule has 5 rings (SSSR count). The number of aryl methyl sites for hydroxylation is 1. The third kappa shape index (κ3) is 5.51. The van der Waals surface area contributed by atoms with Gasteiger partial charge in [0, 0.05) is 50.3 Å². The van der Waals surface area contributed by atoms with Crippen molar-refractivity contribution in [2.45, 2.75) is 51.7 Å². The number of nitrogens with zero attached hydrogens (tertiary/aromatic N) is 6. The van der Waals surface area contributed by atoms with E-state index in [-0.39, 0.29) is 0 Å². The number of rotatable bonds is 7. The molecule has 2 fully saturated rings. The van der Waals surface area contributed by atoms with Gasteiger partial charge in [-0.25, -0.2) is 4.98 Å². The molecule has 3 aromatic rings. The summed E-state index contributed by atoms with van der Waals surface area (Å²) in [5.74, 6) is 0.438. The molecule has 9 heteroatoms. The Balaban J connectivity index is 1.18. The molecule has 1 aromatic carbocycles. The molecule has 0 saturated carbocycles. The average molecular weight is 510 g/mol. The Morgan fingerprint density at radius 1 is 1.03 bits per heavy atom. The second-order valence-electron chi connectivity index (χ2n) is 9.84. The number of pyridine rings is 1. The average Bonchev–Trinajstić information content (AvgIpc) is 3.40. The van der Waals surface area contributed by atoms with E-state index in [4.69, 9.17) is 21.0 Å². The molecule has 2 aliphatic heterocycles. The van der Waals surface area contributed by atoms with Gasteiger partial charge in [0.1, 0.15) is 5.69 Å². The van der Waals surface area contributed by atoms with E-state index in [9.17, 15) is 0 Å². The molecule has 0 unspecified atom stereocenters. The standard InChI is InChI=1S/C27H36ClN7O/c1-4-22-18-34(25-10-9-24(30-19(25)2)26-31-32-27(29-3)36-26)15-16-35(22)23-11-13-33(14-12-23)17-20-5-7-21(28)8-6-20/h5-10,22-23H,4,11-18H2,1-3H3,(H,29,32)/t22-/m0/s1. The summed E-state index contributed by atoms with van der Waals surface area (Å²) in [5, 5.41) is 11.7. The van der Waals surface area contributed by atoms with Gasteiger partial charge in [-0.2, -0.15) is 0 Å². The molecule has 4 heterocycles. The summed E-state index contributed by atoms with van der Waals surface area (Å²) >= 11 is 6.05. The van der Waals surface area contributed by atoms with E-state index < -0.39 is 0 Å². The molecule has 36 heavy (non-hydrogen) atoms. The number of likely N-dealkylation sites (tertiary alicyclic amines) is 1. The highest BCUT2D eigenvalue weighted by Gasteiger charge is 2.33. The van der Waals surface area contributed by atoms with Crippen LogP contribution in [0.2, 0.25) is 5.02 Å². The zero-order valence-electron chi connectivity index (χ0n) is 21.5. The van der Waals surface area contributed by atoms with Crippen LogP contribution in [-0.2, 0) is 6.54 Å². The van der Waals surface area contributed by atoms with Crippen molar-refractivity contribution in [1.82, 2.24) is 25.0 Å². The maximum absolute atomic E-state index is 6.05. The Morgan fingerprint density at radius 2 is 1.81 bits per heavy atom. The van der Waals surface area contributed by atoms with Gasteiger partial charge in [0.25, 0.3) is 5.89 Å². The van der Waals surface area contributed by atoms with Gasteiger partial charge in [-0.1, -0.05) is 35.8 Å². The molecule has 2 aliphatic rings. The van der Waals surface area contributed by atoms with Gasteiger partial charge < -0.3 is 14.6 Å². The normalized spacial score (nSPS) is 20.1. The Kier molecular flexibility index (Phi) is 7.74. The quantitative estimate of drug-likeness (QED) is 0.491. The Morgan fingerprint density at radius 3 is 2.47 bits per heavy atom. The first-order valence-corrected chi connectivity index (χ1v) is 13.4. The van der Waals surface area contributed by atoms with E-state index in [0.717, 1.165) is 56.4 Å². The predicted molar refractivity (Wildman–Crippen MR) is 145 cm³/mol. The van der Waals surface area contributed by atoms with Crippen molar-refractivity contribution in [1.29, 1.82) is 0 Å². The van der Waals surface area contributed by atoms with Gasteiger partial charge in [-0.05, 0) is 69.1 Å². The minimum Gasteiger partial charge on any atom is -0.402 e. The number of benzene rings is 1. The van der Waals surface area contributed by atoms with Crippen molar-refractivity contribution < 1.29 is 4.42 Å². The Bertz CT molecular complexity index is 1140. The largest absolute Gasteiger partial charge is 0.402 e. The van der Waals surface area contributed by atoms with E-state index >= 15 is 0 Å². The molecule has 1 N–H and O–H groups in total. The third-order valence-electron chi connectivity index (χ3n) is 7.60. The summed E-state index contributed by atoms with van der Waals surface area (Å²) in [7, 11) is 1.76. The van der Waals surface area contributed by atoms with Crippen LogP contribution in [0.5, 0.6) is 0 Å². The minimum atomic E-state index is 0.395. The molecule has 0 amide bonds. The summed E-state index contributed by atoms with van der Waals surface area (Å²) in [6.07, 6.45) is 3.62. The number of hydrogen-bond acceptors (Lipinski definition) is 8. The number of piperidine rings is 1. The van der Waals surface area contributed by atoms with Crippen molar-refractivity contribution in [2.75, 3.05) is 50.0 Å². The number of anilines is 2. The van der Waals surface area contributed by atoms with Gasteiger partial charge in [0.2, 0.25) is 0 Å². The van der Waals surface area contributed by atoms with Crippen LogP contribution in [0.1, 0.15) is 37.4 Å². The predicted octanol–water partition coefficient (Wildman–Crippen LogP) is 4.70. The molecular weight excluding hydrogens is 474 g/mol. The smallest absolute Gasteiger partial charge is 0.315 e. The van der Waals surface area contributed by atoms with Gasteiger partial charge in [-0.3, -0.25) is 9.80 Å². The minimum absolute atomic E-state index is 0.395. The lowest BCUT2D eigenvalue weighted by molar-refractivity contribution is 0.0612. The number of nitrogens with one attached hydrogen (secondary N) is 1. The molecule has 0 radical (unpaired) electrons. The van der Waals surface area contributed by atoms with Crippen molar-refractivity contribution in [3.05, 3.63) is 52.7 Å². The van der Waals surface area contributed by atoms with Gasteiger partial charge in [0.05, 0.1) is 11.4 Å². The van der Waals surface area contributed by atoms with Gasteiger partial charge in [0.15, 0.2) is 0 Å². The number of hydrogen-bond donors (Lipinski definition) is 1. The lowest BCUT2D eigenvalue weighted by atomic mass is 9.97. The molecule has 0 aliphatic carbocycles. The number of piperazine rings is 1. The van der Waals surface area contributed by atoms with E-state index in [1.165, 1.54) is 24.1 Å². The topological polar surface area (TPSA) is 73.6 Å². The first-order valence-electron chi connectivity index (χ1n) is 13.0. The van der Waals surface area contributed by atoms with Crippen molar-refractivity contribution in [3.63, 3.8) is 0 Å². The van der Waals surface area contributed by atoms with E-state index in [2.05, 4.69) is 62.3 Å². The summed E-state index contributed by atoms with van der Waals surface area (Å²) < 4.78 is 5.60. The lowest BCUT2D eigenvalue weighted by Crippen LogP contribution is -2.58. The van der Waals surface area contributed by atoms with E-state index in [0.29, 0.717) is 29.7 Å². The molecule has 192 valence electrons. The Labute approximate surface area is 218 Å². The van der Waals surface area contributed by atoms with Crippen LogP contribution in [0.25, 0.3) is 11.6 Å². The molecule has 2 saturated heterocycles. The van der Waals surface area contributed by atoms with Crippen LogP contribution < -0.4 is 10.2 Å². The molecule has 2 aromatic heterocycles. The number of aromatic nitrogens is 3. The highest BCUT2D eigenvalue weighted by molar-refractivity contribution is 6.30. The fourth-order valence-corrected chi connectivity index (χ4v) is 5.75. The van der Waals surface area contributed by atoms with Crippen LogP contribution in [0.4, 0.5) is 11.7 Å². The zero-order chi connectivity index (χ0) is 25.1. The molecular formula is C27H36ClN7O. The lowest BCUT2D eigenvalue weighted by Gasteiger charge is -2.48. The first kappa shape index (κ1) is 25.0. The summed E-state index contributed by atoms with van der Waals surface area (Å²) in [6.45, 7) is 10.9. The highest BCUT2D eigenvalue weighted by atomic mass is 35.5. The molecule has 0 bridgehead atoms. The molecule has 0 spiro atoms. The third-order valence-corrected chi connectivity index (χ3v) is 7.85. The second-order valence-corrected chi connectivity index (χ2v) is 10.3. The fourth-order valence-electron chi connectivity index (χ4n) is 5.62. The van der Waals surface area contributed by atoms with Crippen LogP contribution in [0, 0.1) is 6.92 Å². The fraction of sp³-hybridized carbons (Fsp3) is 0.519. The highest BCUT2D eigenvalue weighted by Crippen LogP contribution is 2.29. The Hall–Kier alpha value is -2.68. The van der Waals surface area contributed by atoms with Crippen LogP contribution in [-0.4, -0.2) is 76.8 Å². The summed E-state index contributed by atoms with van der Waals surface area (Å²) in [5.41, 5.74) is 4.24. The monoisotopic (exact) mass is 509 g/mol. The van der Waals surface area contributed by atoms with Crippen molar-refractivity contribution in [3.8, 4) is 11.6 Å². The van der Waals surface area contributed by atoms with Crippen LogP contribution in [0.15, 0.2) is 40.8 Å². The van der Waals surface area contributed by atoms with E-state index in [1.54, 1.807) is 7.05 Å². The maximum Gasteiger partial charge on any atom is 0.315 e. The van der Waals surface area contributed by atoms with Crippen LogP contribution >= 0.6 is 11.6 Å².